The average Bonchev–Trinajstić information content (AvgIpc) is 2.56. The lowest BCUT2D eigenvalue weighted by Gasteiger charge is -2.23. The molecule has 0 radical (unpaired) electrons. The van der Waals surface area contributed by atoms with E-state index < -0.39 is 12.1 Å². The molecular formula is C18H16ClNO3. The first kappa shape index (κ1) is 15.6. The van der Waals surface area contributed by atoms with Crippen LogP contribution in [-0.4, -0.2) is 24.5 Å². The van der Waals surface area contributed by atoms with Gasteiger partial charge in [0.05, 0.1) is 5.56 Å². The fourth-order valence-electron chi connectivity index (χ4n) is 2.57. The molecule has 1 aliphatic heterocycles. The first-order valence-electron chi connectivity index (χ1n) is 7.44. The number of ether oxygens (including phenoxy) is 1. The summed E-state index contributed by atoms with van der Waals surface area (Å²) in [4.78, 5) is 24.1. The van der Waals surface area contributed by atoms with Crippen LogP contribution in [0, 0.1) is 0 Å². The van der Waals surface area contributed by atoms with Crippen molar-refractivity contribution in [3.63, 3.8) is 0 Å². The van der Waals surface area contributed by atoms with Crippen LogP contribution in [0.2, 0.25) is 5.02 Å². The number of halogens is 1. The lowest BCUT2D eigenvalue weighted by molar-refractivity contribution is -0.130. The monoisotopic (exact) mass is 329 g/mol. The van der Waals surface area contributed by atoms with E-state index in [1.165, 1.54) is 0 Å². The van der Waals surface area contributed by atoms with Crippen LogP contribution in [0.3, 0.4) is 0 Å². The molecule has 0 saturated carbocycles. The lowest BCUT2D eigenvalue weighted by atomic mass is 9.98. The van der Waals surface area contributed by atoms with Crippen molar-refractivity contribution < 1.29 is 14.3 Å². The molecule has 2 aromatic rings. The third-order valence-electron chi connectivity index (χ3n) is 3.81. The Hall–Kier alpha value is -2.33. The normalized spacial score (nSPS) is 16.4. The molecule has 5 heteroatoms. The number of fused-ring (bicyclic) bond motifs is 1. The molecule has 1 heterocycles. The topological polar surface area (TPSA) is 55.4 Å². The van der Waals surface area contributed by atoms with Gasteiger partial charge in [0.1, 0.15) is 0 Å². The number of carbonyl (C=O) groups is 2. The number of carbonyl (C=O) groups excluding carboxylic acids is 2. The number of benzene rings is 2. The Morgan fingerprint density at radius 1 is 1.17 bits per heavy atom. The van der Waals surface area contributed by atoms with Crippen molar-refractivity contribution in [1.82, 2.24) is 5.32 Å². The van der Waals surface area contributed by atoms with Gasteiger partial charge in [-0.2, -0.15) is 0 Å². The van der Waals surface area contributed by atoms with E-state index >= 15 is 0 Å². The molecular weight excluding hydrogens is 314 g/mol. The highest BCUT2D eigenvalue weighted by Gasteiger charge is 2.30. The van der Waals surface area contributed by atoms with Gasteiger partial charge in [0.2, 0.25) is 0 Å². The molecule has 4 nitrogen and oxygen atoms in total. The van der Waals surface area contributed by atoms with E-state index in [1.807, 2.05) is 36.4 Å². The van der Waals surface area contributed by atoms with Crippen LogP contribution in [0.15, 0.2) is 48.5 Å². The van der Waals surface area contributed by atoms with Crippen molar-refractivity contribution in [2.75, 3.05) is 6.54 Å². The number of cyclic esters (lactones) is 1. The van der Waals surface area contributed by atoms with Crippen molar-refractivity contribution in [3.8, 4) is 0 Å². The number of amides is 1. The van der Waals surface area contributed by atoms with Crippen LogP contribution in [0.25, 0.3) is 0 Å². The van der Waals surface area contributed by atoms with Crippen molar-refractivity contribution in [3.05, 3.63) is 70.2 Å². The minimum Gasteiger partial charge on any atom is -0.448 e. The fourth-order valence-corrected chi connectivity index (χ4v) is 2.70. The van der Waals surface area contributed by atoms with Crippen molar-refractivity contribution in [1.29, 1.82) is 0 Å². The summed E-state index contributed by atoms with van der Waals surface area (Å²) in [5.74, 6) is -0.702. The Kier molecular flexibility index (Phi) is 4.63. The maximum atomic E-state index is 12.2. The van der Waals surface area contributed by atoms with E-state index in [2.05, 4.69) is 5.32 Å². The zero-order valence-corrected chi connectivity index (χ0v) is 13.2. The molecule has 1 atom stereocenters. The van der Waals surface area contributed by atoms with Crippen molar-refractivity contribution in [2.24, 2.45) is 0 Å². The van der Waals surface area contributed by atoms with E-state index in [1.54, 1.807) is 12.1 Å². The highest BCUT2D eigenvalue weighted by atomic mass is 35.5. The third-order valence-corrected chi connectivity index (χ3v) is 4.06. The van der Waals surface area contributed by atoms with Crippen LogP contribution in [0.1, 0.15) is 21.5 Å². The number of hydrogen-bond acceptors (Lipinski definition) is 3. The lowest BCUT2D eigenvalue weighted by Crippen LogP contribution is -2.42. The summed E-state index contributed by atoms with van der Waals surface area (Å²) in [7, 11) is 0. The number of hydrogen-bond donors (Lipinski definition) is 1. The zero-order valence-electron chi connectivity index (χ0n) is 12.4. The van der Waals surface area contributed by atoms with Crippen LogP contribution >= 0.6 is 11.6 Å². The molecule has 0 aromatic heterocycles. The summed E-state index contributed by atoms with van der Waals surface area (Å²) in [6.07, 6.45) is 0.345. The molecule has 1 aliphatic rings. The molecule has 0 unspecified atom stereocenters. The quantitative estimate of drug-likeness (QED) is 0.878. The Bertz CT molecular complexity index is 727. The maximum absolute atomic E-state index is 12.2. The number of rotatable bonds is 4. The smallest absolute Gasteiger partial charge is 0.339 e. The Balaban J connectivity index is 1.55. The summed E-state index contributed by atoms with van der Waals surface area (Å²) in [5, 5.41) is 3.50. The molecule has 23 heavy (non-hydrogen) atoms. The average molecular weight is 330 g/mol. The second kappa shape index (κ2) is 6.84. The van der Waals surface area contributed by atoms with Gasteiger partial charge >= 0.3 is 5.97 Å². The molecule has 1 N–H and O–H groups in total. The molecule has 0 fully saturated rings. The summed E-state index contributed by atoms with van der Waals surface area (Å²) in [6, 6.07) is 14.7. The minimum atomic E-state index is -0.761. The Morgan fingerprint density at radius 3 is 2.70 bits per heavy atom. The predicted octanol–water partition coefficient (Wildman–Crippen LogP) is 2.78. The van der Waals surface area contributed by atoms with E-state index in [4.69, 9.17) is 16.3 Å². The van der Waals surface area contributed by atoms with Crippen LogP contribution in [0.4, 0.5) is 0 Å². The van der Waals surface area contributed by atoms with Crippen LogP contribution in [0.5, 0.6) is 0 Å². The van der Waals surface area contributed by atoms with Gasteiger partial charge in [0.25, 0.3) is 5.91 Å². The highest BCUT2D eigenvalue weighted by Crippen LogP contribution is 2.20. The Morgan fingerprint density at radius 2 is 1.91 bits per heavy atom. The molecule has 118 valence electrons. The number of nitrogens with one attached hydrogen (secondary N) is 1. The third kappa shape index (κ3) is 3.71. The van der Waals surface area contributed by atoms with Gasteiger partial charge in [-0.25, -0.2) is 4.79 Å². The fraction of sp³-hybridized carbons (Fsp3) is 0.222. The van der Waals surface area contributed by atoms with E-state index in [-0.39, 0.29) is 5.91 Å². The molecule has 0 spiro atoms. The van der Waals surface area contributed by atoms with Crippen molar-refractivity contribution in [2.45, 2.75) is 18.9 Å². The molecule has 0 aliphatic carbocycles. The van der Waals surface area contributed by atoms with Gasteiger partial charge in [0, 0.05) is 18.0 Å². The van der Waals surface area contributed by atoms with Gasteiger partial charge in [-0.15, -0.1) is 0 Å². The summed E-state index contributed by atoms with van der Waals surface area (Å²) >= 11 is 5.83. The molecule has 0 bridgehead atoms. The van der Waals surface area contributed by atoms with Gasteiger partial charge in [0.15, 0.2) is 6.10 Å². The summed E-state index contributed by atoms with van der Waals surface area (Å²) < 4.78 is 5.22. The summed E-state index contributed by atoms with van der Waals surface area (Å²) in [5.41, 5.74) is 2.47. The second-order valence-electron chi connectivity index (χ2n) is 5.42. The zero-order chi connectivity index (χ0) is 16.2. The van der Waals surface area contributed by atoms with Gasteiger partial charge in [-0.05, 0) is 35.7 Å². The van der Waals surface area contributed by atoms with E-state index in [0.717, 1.165) is 11.1 Å². The first-order chi connectivity index (χ1) is 11.1. The Labute approximate surface area is 139 Å². The van der Waals surface area contributed by atoms with E-state index in [9.17, 15) is 9.59 Å². The molecule has 3 rings (SSSR count). The highest BCUT2D eigenvalue weighted by molar-refractivity contribution is 6.30. The second-order valence-corrected chi connectivity index (χ2v) is 5.86. The van der Waals surface area contributed by atoms with E-state index in [0.29, 0.717) is 30.0 Å². The standard InChI is InChI=1S/C18H16ClNO3/c19-14-7-5-12(6-8-14)9-10-20-17(21)16-11-13-3-1-2-4-15(13)18(22)23-16/h1-8,16H,9-11H2,(H,20,21)/t16-/m0/s1. The largest absolute Gasteiger partial charge is 0.448 e. The van der Waals surface area contributed by atoms with Crippen LogP contribution < -0.4 is 5.32 Å². The first-order valence-corrected chi connectivity index (χ1v) is 7.82. The minimum absolute atomic E-state index is 0.262. The predicted molar refractivity (Wildman–Crippen MR) is 87.5 cm³/mol. The molecule has 2 aromatic carbocycles. The van der Waals surface area contributed by atoms with Crippen LogP contribution in [-0.2, 0) is 22.4 Å². The number of esters is 1. The van der Waals surface area contributed by atoms with Gasteiger partial charge in [-0.3, -0.25) is 4.79 Å². The van der Waals surface area contributed by atoms with Gasteiger partial charge < -0.3 is 10.1 Å². The molecule has 0 saturated heterocycles. The van der Waals surface area contributed by atoms with Crippen molar-refractivity contribution >= 4 is 23.5 Å². The maximum Gasteiger partial charge on any atom is 0.339 e. The van der Waals surface area contributed by atoms with Gasteiger partial charge in [-0.1, -0.05) is 41.9 Å². The SMILES string of the molecule is O=C1O[C@H](C(=O)NCCc2ccc(Cl)cc2)Cc2ccccc21. The summed E-state index contributed by atoms with van der Waals surface area (Å²) in [6.45, 7) is 0.482. The molecule has 1 amide bonds.